The summed E-state index contributed by atoms with van der Waals surface area (Å²) in [4.78, 5) is 6.64. The zero-order chi connectivity index (χ0) is 10.6. The van der Waals surface area contributed by atoms with Gasteiger partial charge in [-0.25, -0.2) is 0 Å². The standard InChI is InChI=1S/C10H16BrNOS/c1-7(2)6-13-12-8(3)9-4-5-10(11)14-9/h4-5,7-8,12H,6H2,1-3H3. The highest BCUT2D eigenvalue weighted by atomic mass is 79.9. The van der Waals surface area contributed by atoms with Gasteiger partial charge in [-0.15, -0.1) is 11.3 Å². The van der Waals surface area contributed by atoms with Crippen molar-refractivity contribution in [2.75, 3.05) is 6.61 Å². The third-order valence-electron chi connectivity index (χ3n) is 1.70. The molecule has 0 spiro atoms. The summed E-state index contributed by atoms with van der Waals surface area (Å²) in [7, 11) is 0. The van der Waals surface area contributed by atoms with Gasteiger partial charge in [0.05, 0.1) is 16.4 Å². The first-order valence-electron chi connectivity index (χ1n) is 4.72. The molecular weight excluding hydrogens is 262 g/mol. The zero-order valence-electron chi connectivity index (χ0n) is 8.71. The van der Waals surface area contributed by atoms with Gasteiger partial charge < -0.3 is 4.84 Å². The second kappa shape index (κ2) is 5.85. The highest BCUT2D eigenvalue weighted by Crippen LogP contribution is 2.26. The summed E-state index contributed by atoms with van der Waals surface area (Å²) in [5.41, 5.74) is 3.03. The third kappa shape index (κ3) is 4.09. The summed E-state index contributed by atoms with van der Waals surface area (Å²) >= 11 is 5.17. The quantitative estimate of drug-likeness (QED) is 0.828. The normalized spacial score (nSPS) is 13.5. The van der Waals surface area contributed by atoms with Crippen LogP contribution in [-0.4, -0.2) is 6.61 Å². The number of rotatable bonds is 5. The Morgan fingerprint density at radius 2 is 2.14 bits per heavy atom. The first-order chi connectivity index (χ1) is 6.59. The summed E-state index contributed by atoms with van der Waals surface area (Å²) in [5.74, 6) is 0.560. The fourth-order valence-corrected chi connectivity index (χ4v) is 2.37. The van der Waals surface area contributed by atoms with Crippen LogP contribution >= 0.6 is 27.3 Å². The number of thiophene rings is 1. The summed E-state index contributed by atoms with van der Waals surface area (Å²) < 4.78 is 1.16. The monoisotopic (exact) mass is 277 g/mol. The topological polar surface area (TPSA) is 21.3 Å². The Kier molecular flexibility index (Phi) is 5.09. The molecule has 4 heteroatoms. The fraction of sp³-hybridized carbons (Fsp3) is 0.600. The van der Waals surface area contributed by atoms with Crippen LogP contribution in [0, 0.1) is 5.92 Å². The number of hydrogen-bond donors (Lipinski definition) is 1. The van der Waals surface area contributed by atoms with Crippen LogP contribution in [-0.2, 0) is 4.84 Å². The molecule has 1 rings (SSSR count). The minimum Gasteiger partial charge on any atom is -0.301 e. The van der Waals surface area contributed by atoms with Crippen LogP contribution in [0.15, 0.2) is 15.9 Å². The van der Waals surface area contributed by atoms with Crippen LogP contribution < -0.4 is 5.48 Å². The van der Waals surface area contributed by atoms with Gasteiger partial charge >= 0.3 is 0 Å². The zero-order valence-corrected chi connectivity index (χ0v) is 11.1. The Morgan fingerprint density at radius 1 is 1.43 bits per heavy atom. The van der Waals surface area contributed by atoms with E-state index in [0.29, 0.717) is 5.92 Å². The van der Waals surface area contributed by atoms with Gasteiger partial charge in [0, 0.05) is 4.88 Å². The molecule has 1 aromatic heterocycles. The average molecular weight is 278 g/mol. The molecule has 0 radical (unpaired) electrons. The maximum atomic E-state index is 5.36. The SMILES string of the molecule is CC(C)CONC(C)c1ccc(Br)s1. The maximum absolute atomic E-state index is 5.36. The molecule has 1 unspecified atom stereocenters. The minimum atomic E-state index is 0.255. The highest BCUT2D eigenvalue weighted by molar-refractivity contribution is 9.11. The van der Waals surface area contributed by atoms with E-state index >= 15 is 0 Å². The Labute approximate surface area is 97.7 Å². The largest absolute Gasteiger partial charge is 0.301 e. The average Bonchev–Trinajstić information content (AvgIpc) is 2.51. The molecular formula is C10H16BrNOS. The molecule has 1 aromatic rings. The van der Waals surface area contributed by atoms with Crippen molar-refractivity contribution in [1.29, 1.82) is 0 Å². The van der Waals surface area contributed by atoms with Crippen molar-refractivity contribution in [3.8, 4) is 0 Å². The predicted molar refractivity (Wildman–Crippen MR) is 64.4 cm³/mol. The lowest BCUT2D eigenvalue weighted by molar-refractivity contribution is 0.00478. The van der Waals surface area contributed by atoms with E-state index in [-0.39, 0.29) is 6.04 Å². The Balaban J connectivity index is 2.32. The molecule has 0 saturated heterocycles. The van der Waals surface area contributed by atoms with E-state index in [1.165, 1.54) is 4.88 Å². The summed E-state index contributed by atoms with van der Waals surface area (Å²) in [5, 5.41) is 0. The second-order valence-electron chi connectivity index (χ2n) is 3.69. The van der Waals surface area contributed by atoms with Crippen molar-refractivity contribution >= 4 is 27.3 Å². The van der Waals surface area contributed by atoms with Gasteiger partial charge in [0.1, 0.15) is 0 Å². The number of hydrogen-bond acceptors (Lipinski definition) is 3. The van der Waals surface area contributed by atoms with Crippen LogP contribution in [0.2, 0.25) is 0 Å². The van der Waals surface area contributed by atoms with Crippen LogP contribution in [0.4, 0.5) is 0 Å². The van der Waals surface area contributed by atoms with Crippen molar-refractivity contribution in [3.05, 3.63) is 20.8 Å². The molecule has 0 saturated carbocycles. The molecule has 1 atom stereocenters. The lowest BCUT2D eigenvalue weighted by Gasteiger charge is -2.13. The molecule has 0 aliphatic heterocycles. The molecule has 1 heterocycles. The van der Waals surface area contributed by atoms with Gasteiger partial charge in [0.2, 0.25) is 0 Å². The smallest absolute Gasteiger partial charge is 0.0705 e. The van der Waals surface area contributed by atoms with E-state index in [4.69, 9.17) is 4.84 Å². The molecule has 0 fully saturated rings. The van der Waals surface area contributed by atoms with E-state index in [0.717, 1.165) is 10.4 Å². The first-order valence-corrected chi connectivity index (χ1v) is 6.33. The molecule has 2 nitrogen and oxygen atoms in total. The van der Waals surface area contributed by atoms with Crippen LogP contribution in [0.25, 0.3) is 0 Å². The van der Waals surface area contributed by atoms with Crippen LogP contribution in [0.5, 0.6) is 0 Å². The second-order valence-corrected chi connectivity index (χ2v) is 6.18. The summed E-state index contributed by atoms with van der Waals surface area (Å²) in [6, 6.07) is 4.41. The Hall–Kier alpha value is 0.1000. The van der Waals surface area contributed by atoms with Crippen LogP contribution in [0.1, 0.15) is 31.7 Å². The molecule has 1 N–H and O–H groups in total. The highest BCUT2D eigenvalue weighted by Gasteiger charge is 2.07. The molecule has 80 valence electrons. The molecule has 0 aromatic carbocycles. The molecule has 0 bridgehead atoms. The van der Waals surface area contributed by atoms with E-state index in [1.807, 2.05) is 0 Å². The van der Waals surface area contributed by atoms with Gasteiger partial charge in [-0.2, -0.15) is 5.48 Å². The van der Waals surface area contributed by atoms with Gasteiger partial charge in [-0.1, -0.05) is 13.8 Å². The third-order valence-corrected chi connectivity index (χ3v) is 3.50. The Bertz CT molecular complexity index is 275. The minimum absolute atomic E-state index is 0.255. The molecule has 0 aliphatic rings. The molecule has 0 amide bonds. The number of nitrogens with one attached hydrogen (secondary N) is 1. The van der Waals surface area contributed by atoms with Gasteiger partial charge in [0.15, 0.2) is 0 Å². The number of hydroxylamine groups is 1. The van der Waals surface area contributed by atoms with Crippen molar-refractivity contribution in [3.63, 3.8) is 0 Å². The van der Waals surface area contributed by atoms with Crippen molar-refractivity contribution in [2.24, 2.45) is 5.92 Å². The van der Waals surface area contributed by atoms with E-state index in [2.05, 4.69) is 54.3 Å². The Morgan fingerprint density at radius 3 is 2.64 bits per heavy atom. The van der Waals surface area contributed by atoms with E-state index in [1.54, 1.807) is 11.3 Å². The van der Waals surface area contributed by atoms with Crippen LogP contribution in [0.3, 0.4) is 0 Å². The van der Waals surface area contributed by atoms with Gasteiger partial charge in [-0.3, -0.25) is 0 Å². The summed E-state index contributed by atoms with van der Waals surface area (Å²) in [6.07, 6.45) is 0. The molecule has 0 aliphatic carbocycles. The maximum Gasteiger partial charge on any atom is 0.0705 e. The van der Waals surface area contributed by atoms with Gasteiger partial charge in [0.25, 0.3) is 0 Å². The van der Waals surface area contributed by atoms with Crippen molar-refractivity contribution in [1.82, 2.24) is 5.48 Å². The van der Waals surface area contributed by atoms with E-state index < -0.39 is 0 Å². The molecule has 14 heavy (non-hydrogen) atoms. The first kappa shape index (κ1) is 12.2. The van der Waals surface area contributed by atoms with Crippen molar-refractivity contribution in [2.45, 2.75) is 26.8 Å². The lowest BCUT2D eigenvalue weighted by Crippen LogP contribution is -2.20. The lowest BCUT2D eigenvalue weighted by atomic mass is 10.2. The van der Waals surface area contributed by atoms with E-state index in [9.17, 15) is 0 Å². The predicted octanol–water partition coefficient (Wildman–Crippen LogP) is 3.75. The van der Waals surface area contributed by atoms with Gasteiger partial charge in [-0.05, 0) is 40.9 Å². The fourth-order valence-electron chi connectivity index (χ4n) is 0.959. The summed E-state index contributed by atoms with van der Waals surface area (Å²) in [6.45, 7) is 7.11. The number of halogens is 1. The van der Waals surface area contributed by atoms with Crippen molar-refractivity contribution < 1.29 is 4.84 Å².